The van der Waals surface area contributed by atoms with Gasteiger partial charge in [0.2, 0.25) is 0 Å². The Bertz CT molecular complexity index is 803. The Hall–Kier alpha value is -2.29. The molecule has 3 aromatic carbocycles. The Morgan fingerprint density at radius 2 is 1.35 bits per heavy atom. The molecule has 0 saturated carbocycles. The van der Waals surface area contributed by atoms with Gasteiger partial charge in [0.25, 0.3) is 0 Å². The Morgan fingerprint density at radius 3 is 1.96 bits per heavy atom. The summed E-state index contributed by atoms with van der Waals surface area (Å²) in [5.74, 6) is 0. The molecule has 3 rings (SSSR count). The fraction of sp³-hybridized carbons (Fsp3) is 0.217. The minimum absolute atomic E-state index is 0.200. The van der Waals surface area contributed by atoms with Crippen LogP contribution >= 0.6 is 11.6 Å². The second-order valence-corrected chi connectivity index (χ2v) is 7.16. The number of hydrogen-bond acceptors (Lipinski definition) is 2. The standard InChI is InChI=1S/C23H25ClN2/c1-25(2)18-23(20-13-7-4-8-14-20)26(17-19-11-5-3-6-12-19)22-16-10-9-15-21(22)24/h3-16,23H,17-18H2,1-2H3. The first-order valence-corrected chi connectivity index (χ1v) is 9.27. The molecule has 0 aliphatic heterocycles. The van der Waals surface area contributed by atoms with Crippen molar-refractivity contribution in [1.82, 2.24) is 4.90 Å². The lowest BCUT2D eigenvalue weighted by Gasteiger charge is -2.36. The van der Waals surface area contributed by atoms with Crippen LogP contribution in [0.25, 0.3) is 0 Å². The van der Waals surface area contributed by atoms with Crippen molar-refractivity contribution in [2.75, 3.05) is 25.5 Å². The molecule has 134 valence electrons. The van der Waals surface area contributed by atoms with Crippen molar-refractivity contribution in [1.29, 1.82) is 0 Å². The molecule has 0 aliphatic carbocycles. The highest BCUT2D eigenvalue weighted by molar-refractivity contribution is 6.33. The highest BCUT2D eigenvalue weighted by Gasteiger charge is 2.23. The van der Waals surface area contributed by atoms with Crippen molar-refractivity contribution < 1.29 is 0 Å². The number of nitrogens with zero attached hydrogens (tertiary/aromatic N) is 2. The summed E-state index contributed by atoms with van der Waals surface area (Å²) in [6, 6.07) is 29.5. The van der Waals surface area contributed by atoms with E-state index in [9.17, 15) is 0 Å². The zero-order chi connectivity index (χ0) is 18.4. The molecule has 0 heterocycles. The molecule has 0 amide bonds. The number of anilines is 1. The zero-order valence-corrected chi connectivity index (χ0v) is 16.1. The molecule has 0 spiro atoms. The van der Waals surface area contributed by atoms with E-state index in [1.165, 1.54) is 11.1 Å². The topological polar surface area (TPSA) is 6.48 Å². The fourth-order valence-corrected chi connectivity index (χ4v) is 3.48. The Balaban J connectivity index is 2.05. The summed E-state index contributed by atoms with van der Waals surface area (Å²) in [6.07, 6.45) is 0. The molecule has 0 radical (unpaired) electrons. The Labute approximate surface area is 161 Å². The second kappa shape index (κ2) is 8.88. The molecule has 0 aromatic heterocycles. The van der Waals surface area contributed by atoms with E-state index in [-0.39, 0.29) is 6.04 Å². The van der Waals surface area contributed by atoms with Crippen molar-refractivity contribution in [2.45, 2.75) is 12.6 Å². The van der Waals surface area contributed by atoms with E-state index in [0.29, 0.717) is 0 Å². The quantitative estimate of drug-likeness (QED) is 0.534. The van der Waals surface area contributed by atoms with Gasteiger partial charge in [-0.2, -0.15) is 0 Å². The van der Waals surface area contributed by atoms with Crippen LogP contribution in [0.15, 0.2) is 84.9 Å². The molecule has 26 heavy (non-hydrogen) atoms. The SMILES string of the molecule is CN(C)CC(c1ccccc1)N(Cc1ccccc1)c1ccccc1Cl. The van der Waals surface area contributed by atoms with E-state index in [0.717, 1.165) is 23.8 Å². The molecule has 0 bridgehead atoms. The molecule has 1 atom stereocenters. The first-order valence-electron chi connectivity index (χ1n) is 8.90. The van der Waals surface area contributed by atoms with Gasteiger partial charge in [0.15, 0.2) is 0 Å². The van der Waals surface area contributed by atoms with E-state index >= 15 is 0 Å². The zero-order valence-electron chi connectivity index (χ0n) is 15.3. The van der Waals surface area contributed by atoms with Crippen molar-refractivity contribution in [3.8, 4) is 0 Å². The van der Waals surface area contributed by atoms with Gasteiger partial charge in [0.05, 0.1) is 16.8 Å². The van der Waals surface area contributed by atoms with Gasteiger partial charge < -0.3 is 9.80 Å². The number of rotatable bonds is 7. The van der Waals surface area contributed by atoms with Gasteiger partial charge in [-0.05, 0) is 37.4 Å². The van der Waals surface area contributed by atoms with Crippen LogP contribution in [0.3, 0.4) is 0 Å². The summed E-state index contributed by atoms with van der Waals surface area (Å²) >= 11 is 6.60. The van der Waals surface area contributed by atoms with Crippen LogP contribution in [0, 0.1) is 0 Å². The average Bonchev–Trinajstić information content (AvgIpc) is 2.66. The highest BCUT2D eigenvalue weighted by atomic mass is 35.5. The lowest BCUT2D eigenvalue weighted by atomic mass is 10.0. The third-order valence-corrected chi connectivity index (χ3v) is 4.78. The number of hydrogen-bond donors (Lipinski definition) is 0. The van der Waals surface area contributed by atoms with Gasteiger partial charge in [0.1, 0.15) is 0 Å². The van der Waals surface area contributed by atoms with Crippen LogP contribution in [0.2, 0.25) is 5.02 Å². The summed E-state index contributed by atoms with van der Waals surface area (Å²) in [4.78, 5) is 4.64. The summed E-state index contributed by atoms with van der Waals surface area (Å²) in [6.45, 7) is 1.71. The van der Waals surface area contributed by atoms with Crippen molar-refractivity contribution in [3.63, 3.8) is 0 Å². The van der Waals surface area contributed by atoms with Crippen LogP contribution in [-0.2, 0) is 6.54 Å². The lowest BCUT2D eigenvalue weighted by molar-refractivity contribution is 0.363. The molecule has 0 saturated heterocycles. The molecule has 0 aliphatic rings. The predicted octanol–water partition coefficient (Wildman–Crippen LogP) is 5.65. The van der Waals surface area contributed by atoms with Crippen LogP contribution < -0.4 is 4.90 Å². The van der Waals surface area contributed by atoms with E-state index in [1.807, 2.05) is 12.1 Å². The molecule has 2 nitrogen and oxygen atoms in total. The second-order valence-electron chi connectivity index (χ2n) is 6.75. The maximum absolute atomic E-state index is 6.60. The molecular weight excluding hydrogens is 340 g/mol. The lowest BCUT2D eigenvalue weighted by Crippen LogP contribution is -2.35. The maximum atomic E-state index is 6.60. The van der Waals surface area contributed by atoms with E-state index in [4.69, 9.17) is 11.6 Å². The maximum Gasteiger partial charge on any atom is 0.0673 e. The van der Waals surface area contributed by atoms with Gasteiger partial charge in [0, 0.05) is 13.1 Å². The molecule has 0 N–H and O–H groups in total. The molecule has 1 unspecified atom stereocenters. The van der Waals surface area contributed by atoms with E-state index in [1.54, 1.807) is 0 Å². The third-order valence-electron chi connectivity index (χ3n) is 4.46. The summed E-state index contributed by atoms with van der Waals surface area (Å²) in [5.41, 5.74) is 3.62. The summed E-state index contributed by atoms with van der Waals surface area (Å²) in [7, 11) is 4.23. The monoisotopic (exact) mass is 364 g/mol. The molecular formula is C23H25ClN2. The summed E-state index contributed by atoms with van der Waals surface area (Å²) in [5, 5.41) is 0.781. The van der Waals surface area contributed by atoms with Crippen molar-refractivity contribution in [3.05, 3.63) is 101 Å². The first-order chi connectivity index (χ1) is 12.6. The molecule has 0 fully saturated rings. The minimum atomic E-state index is 0.200. The highest BCUT2D eigenvalue weighted by Crippen LogP contribution is 2.34. The average molecular weight is 365 g/mol. The van der Waals surface area contributed by atoms with Gasteiger partial charge in [-0.25, -0.2) is 0 Å². The minimum Gasteiger partial charge on any atom is -0.358 e. The van der Waals surface area contributed by atoms with Gasteiger partial charge in [-0.1, -0.05) is 84.4 Å². The predicted molar refractivity (Wildman–Crippen MR) is 112 cm³/mol. The van der Waals surface area contributed by atoms with Gasteiger partial charge >= 0.3 is 0 Å². The third kappa shape index (κ3) is 4.66. The first kappa shape index (κ1) is 18.5. The largest absolute Gasteiger partial charge is 0.358 e. The van der Waals surface area contributed by atoms with Gasteiger partial charge in [-0.15, -0.1) is 0 Å². The van der Waals surface area contributed by atoms with E-state index in [2.05, 4.69) is 96.7 Å². The normalized spacial score (nSPS) is 12.2. The van der Waals surface area contributed by atoms with Crippen LogP contribution in [0.4, 0.5) is 5.69 Å². The number of likely N-dealkylation sites (N-methyl/N-ethyl adjacent to an activating group) is 1. The molecule has 3 aromatic rings. The fourth-order valence-electron chi connectivity index (χ4n) is 3.23. The molecule has 3 heteroatoms. The van der Waals surface area contributed by atoms with Crippen molar-refractivity contribution in [2.24, 2.45) is 0 Å². The van der Waals surface area contributed by atoms with Crippen LogP contribution in [0.1, 0.15) is 17.2 Å². The number of para-hydroxylation sites is 1. The van der Waals surface area contributed by atoms with Crippen LogP contribution in [-0.4, -0.2) is 25.5 Å². The van der Waals surface area contributed by atoms with Crippen LogP contribution in [0.5, 0.6) is 0 Å². The number of benzene rings is 3. The van der Waals surface area contributed by atoms with Gasteiger partial charge in [-0.3, -0.25) is 0 Å². The Morgan fingerprint density at radius 1 is 0.769 bits per heavy atom. The van der Waals surface area contributed by atoms with E-state index < -0.39 is 0 Å². The van der Waals surface area contributed by atoms with Crippen molar-refractivity contribution >= 4 is 17.3 Å². The smallest absolute Gasteiger partial charge is 0.0673 e. The summed E-state index contributed by atoms with van der Waals surface area (Å²) < 4.78 is 0. The number of halogens is 1. The Kier molecular flexibility index (Phi) is 6.32.